The summed E-state index contributed by atoms with van der Waals surface area (Å²) in [6.45, 7) is 5.99. The van der Waals surface area contributed by atoms with Crippen LogP contribution < -0.4 is 5.32 Å². The molecule has 1 amide bonds. The number of hydrogen-bond donors (Lipinski definition) is 1. The molecule has 2 aromatic heterocycles. The van der Waals surface area contributed by atoms with E-state index in [2.05, 4.69) is 20.4 Å². The summed E-state index contributed by atoms with van der Waals surface area (Å²) >= 11 is 0. The molecule has 0 saturated carbocycles. The number of aromatic nitrogens is 4. The third-order valence-corrected chi connectivity index (χ3v) is 3.00. The van der Waals surface area contributed by atoms with Gasteiger partial charge in [-0.3, -0.25) is 4.79 Å². The van der Waals surface area contributed by atoms with Crippen molar-refractivity contribution in [1.82, 2.24) is 24.9 Å². The van der Waals surface area contributed by atoms with E-state index < -0.39 is 0 Å². The molecular formula is C14H21N5O3. The third-order valence-electron chi connectivity index (χ3n) is 3.00. The van der Waals surface area contributed by atoms with E-state index in [1.807, 2.05) is 19.9 Å². The van der Waals surface area contributed by atoms with Gasteiger partial charge in [0, 0.05) is 31.6 Å². The smallest absolute Gasteiger partial charge is 0.291 e. The number of carbonyl (C=O) groups excluding carboxylic acids is 1. The molecule has 0 aromatic carbocycles. The Morgan fingerprint density at radius 2 is 2.09 bits per heavy atom. The topological polar surface area (TPSA) is 90.6 Å². The highest BCUT2D eigenvalue weighted by atomic mass is 16.5. The second-order valence-electron chi connectivity index (χ2n) is 4.90. The number of fused-ring (bicyclic) bond motifs is 1. The summed E-state index contributed by atoms with van der Waals surface area (Å²) in [5.41, 5.74) is 1.73. The molecule has 0 bridgehead atoms. The average Bonchev–Trinajstić information content (AvgIpc) is 2.90. The molecule has 0 aliphatic rings. The normalized spacial score (nSPS) is 11.0. The van der Waals surface area contributed by atoms with E-state index in [0.29, 0.717) is 32.1 Å². The second kappa shape index (κ2) is 7.81. The molecule has 22 heavy (non-hydrogen) atoms. The highest BCUT2D eigenvalue weighted by molar-refractivity contribution is 5.90. The molecule has 0 saturated heterocycles. The van der Waals surface area contributed by atoms with Crippen LogP contribution in [0.3, 0.4) is 0 Å². The van der Waals surface area contributed by atoms with E-state index >= 15 is 0 Å². The molecule has 2 rings (SSSR count). The minimum Gasteiger partial charge on any atom is -0.382 e. The average molecular weight is 307 g/mol. The lowest BCUT2D eigenvalue weighted by Crippen LogP contribution is -2.26. The van der Waals surface area contributed by atoms with Gasteiger partial charge in [-0.2, -0.15) is 4.98 Å². The van der Waals surface area contributed by atoms with Gasteiger partial charge in [-0.15, -0.1) is 5.10 Å². The fourth-order valence-electron chi connectivity index (χ4n) is 1.96. The van der Waals surface area contributed by atoms with Gasteiger partial charge in [0.1, 0.15) is 0 Å². The Kier molecular flexibility index (Phi) is 5.79. The van der Waals surface area contributed by atoms with Crippen LogP contribution >= 0.6 is 0 Å². The Morgan fingerprint density at radius 1 is 1.27 bits per heavy atom. The molecule has 8 heteroatoms. The van der Waals surface area contributed by atoms with Crippen molar-refractivity contribution in [3.05, 3.63) is 23.3 Å². The highest BCUT2D eigenvalue weighted by Crippen LogP contribution is 2.05. The van der Waals surface area contributed by atoms with Crippen LogP contribution in [-0.2, 0) is 9.47 Å². The Balaban J connectivity index is 1.84. The van der Waals surface area contributed by atoms with Gasteiger partial charge in [0.15, 0.2) is 0 Å². The van der Waals surface area contributed by atoms with Gasteiger partial charge >= 0.3 is 0 Å². The van der Waals surface area contributed by atoms with Crippen molar-refractivity contribution in [3.63, 3.8) is 0 Å². The molecule has 0 aliphatic heterocycles. The Morgan fingerprint density at radius 3 is 2.86 bits per heavy atom. The first kappa shape index (κ1) is 16.3. The molecule has 2 heterocycles. The lowest BCUT2D eigenvalue weighted by Gasteiger charge is -2.04. The van der Waals surface area contributed by atoms with E-state index in [1.165, 1.54) is 0 Å². The molecule has 0 aliphatic carbocycles. The summed E-state index contributed by atoms with van der Waals surface area (Å²) in [6, 6.07) is 1.89. The maximum absolute atomic E-state index is 12.0. The molecule has 8 nitrogen and oxygen atoms in total. The maximum Gasteiger partial charge on any atom is 0.291 e. The SMILES string of the molecule is COCCOCCCNC(=O)c1nc2nc(C)cc(C)n2n1. The van der Waals surface area contributed by atoms with Crippen LogP contribution in [0.2, 0.25) is 0 Å². The number of nitrogens with zero attached hydrogens (tertiary/aromatic N) is 4. The van der Waals surface area contributed by atoms with Crippen molar-refractivity contribution in [2.45, 2.75) is 20.3 Å². The van der Waals surface area contributed by atoms with Crippen LogP contribution in [0.1, 0.15) is 28.4 Å². The molecule has 0 fully saturated rings. The summed E-state index contributed by atoms with van der Waals surface area (Å²) in [4.78, 5) is 20.4. The van der Waals surface area contributed by atoms with Crippen LogP contribution in [0.15, 0.2) is 6.07 Å². The molecular weight excluding hydrogens is 286 g/mol. The lowest BCUT2D eigenvalue weighted by molar-refractivity contribution is 0.0688. The predicted octanol–water partition coefficient (Wildman–Crippen LogP) is 0.524. The number of methoxy groups -OCH3 is 1. The van der Waals surface area contributed by atoms with Crippen LogP contribution in [0.5, 0.6) is 0 Å². The zero-order valence-corrected chi connectivity index (χ0v) is 13.1. The monoisotopic (exact) mass is 307 g/mol. The summed E-state index contributed by atoms with van der Waals surface area (Å²) in [6.07, 6.45) is 0.721. The first-order valence-electron chi connectivity index (χ1n) is 7.17. The summed E-state index contributed by atoms with van der Waals surface area (Å²) < 4.78 is 11.8. The highest BCUT2D eigenvalue weighted by Gasteiger charge is 2.14. The molecule has 0 unspecified atom stereocenters. The minimum absolute atomic E-state index is 0.126. The number of amides is 1. The number of hydrogen-bond acceptors (Lipinski definition) is 6. The fraction of sp³-hybridized carbons (Fsp3) is 0.571. The maximum atomic E-state index is 12.0. The van der Waals surface area contributed by atoms with Gasteiger partial charge in [-0.25, -0.2) is 9.50 Å². The molecule has 0 atom stereocenters. The van der Waals surface area contributed by atoms with Gasteiger partial charge in [0.2, 0.25) is 5.82 Å². The van der Waals surface area contributed by atoms with E-state index in [1.54, 1.807) is 11.6 Å². The number of ether oxygens (including phenoxy) is 2. The van der Waals surface area contributed by atoms with E-state index in [4.69, 9.17) is 9.47 Å². The fourth-order valence-corrected chi connectivity index (χ4v) is 1.96. The third kappa shape index (κ3) is 4.22. The standard InChI is InChI=1S/C14H21N5O3/c1-10-9-11(2)19-14(16-10)17-12(18-19)13(20)15-5-4-6-22-8-7-21-3/h9H,4-8H2,1-3H3,(H,15,20). The van der Waals surface area contributed by atoms with Crippen molar-refractivity contribution in [2.75, 3.05) is 33.5 Å². The first-order chi connectivity index (χ1) is 10.6. The van der Waals surface area contributed by atoms with Crippen molar-refractivity contribution >= 4 is 11.7 Å². The predicted molar refractivity (Wildman–Crippen MR) is 79.9 cm³/mol. The molecule has 1 N–H and O–H groups in total. The zero-order chi connectivity index (χ0) is 15.9. The lowest BCUT2D eigenvalue weighted by atomic mass is 10.4. The number of rotatable bonds is 8. The second-order valence-corrected chi connectivity index (χ2v) is 4.90. The molecule has 0 spiro atoms. The van der Waals surface area contributed by atoms with Gasteiger partial charge < -0.3 is 14.8 Å². The summed E-state index contributed by atoms with van der Waals surface area (Å²) in [5, 5.41) is 6.94. The Hall–Kier alpha value is -2.06. The van der Waals surface area contributed by atoms with Crippen molar-refractivity contribution in [1.29, 1.82) is 0 Å². The van der Waals surface area contributed by atoms with Crippen molar-refractivity contribution < 1.29 is 14.3 Å². The quantitative estimate of drug-likeness (QED) is 0.715. The van der Waals surface area contributed by atoms with Gasteiger partial charge in [0.25, 0.3) is 11.7 Å². The van der Waals surface area contributed by atoms with Crippen LogP contribution in [-0.4, -0.2) is 59.0 Å². The van der Waals surface area contributed by atoms with E-state index in [9.17, 15) is 4.79 Å². The van der Waals surface area contributed by atoms with Crippen LogP contribution in [0, 0.1) is 13.8 Å². The van der Waals surface area contributed by atoms with Crippen molar-refractivity contribution in [2.24, 2.45) is 0 Å². The Labute approximate surface area is 128 Å². The first-order valence-corrected chi connectivity index (χ1v) is 7.17. The van der Waals surface area contributed by atoms with Crippen LogP contribution in [0.25, 0.3) is 5.78 Å². The van der Waals surface area contributed by atoms with E-state index in [0.717, 1.165) is 17.8 Å². The zero-order valence-electron chi connectivity index (χ0n) is 13.1. The van der Waals surface area contributed by atoms with Crippen LogP contribution in [0.4, 0.5) is 0 Å². The number of aryl methyl sites for hydroxylation is 2. The number of carbonyl (C=O) groups is 1. The van der Waals surface area contributed by atoms with Gasteiger partial charge in [-0.1, -0.05) is 0 Å². The molecule has 0 radical (unpaired) electrons. The van der Waals surface area contributed by atoms with E-state index in [-0.39, 0.29) is 11.7 Å². The van der Waals surface area contributed by atoms with Gasteiger partial charge in [-0.05, 0) is 26.3 Å². The summed E-state index contributed by atoms with van der Waals surface area (Å²) in [5.74, 6) is 0.256. The summed E-state index contributed by atoms with van der Waals surface area (Å²) in [7, 11) is 1.63. The van der Waals surface area contributed by atoms with Gasteiger partial charge in [0.05, 0.1) is 13.2 Å². The largest absolute Gasteiger partial charge is 0.382 e. The minimum atomic E-state index is -0.306. The number of nitrogens with one attached hydrogen (secondary N) is 1. The Bertz CT molecular complexity index is 641. The molecule has 2 aromatic rings. The van der Waals surface area contributed by atoms with Crippen molar-refractivity contribution in [3.8, 4) is 0 Å². The molecule has 120 valence electrons.